The fourth-order valence-corrected chi connectivity index (χ4v) is 1.27. The molecule has 1 unspecified atom stereocenters. The van der Waals surface area contributed by atoms with E-state index in [1.54, 1.807) is 6.07 Å². The van der Waals surface area contributed by atoms with E-state index in [0.29, 0.717) is 6.54 Å². The van der Waals surface area contributed by atoms with E-state index in [1.165, 1.54) is 19.2 Å². The van der Waals surface area contributed by atoms with Gasteiger partial charge in [0.2, 0.25) is 0 Å². The summed E-state index contributed by atoms with van der Waals surface area (Å²) in [6.07, 6.45) is 5.20. The number of nitrogens with one attached hydrogen (secondary N) is 1. The summed E-state index contributed by atoms with van der Waals surface area (Å²) in [5, 5.41) is 3.02. The lowest BCUT2D eigenvalue weighted by atomic mass is 10.1. The van der Waals surface area contributed by atoms with Crippen molar-refractivity contribution in [3.05, 3.63) is 35.1 Å². The molecule has 90 valence electrons. The molecule has 1 rings (SSSR count). The van der Waals surface area contributed by atoms with Crippen molar-refractivity contribution in [2.24, 2.45) is 0 Å². The molecule has 0 aliphatic heterocycles. The van der Waals surface area contributed by atoms with Crippen molar-refractivity contribution in [1.82, 2.24) is 5.32 Å². The molecular formula is C13H14FNO2. The van der Waals surface area contributed by atoms with E-state index >= 15 is 0 Å². The van der Waals surface area contributed by atoms with E-state index in [9.17, 15) is 9.18 Å². The van der Waals surface area contributed by atoms with Gasteiger partial charge in [0.15, 0.2) is 0 Å². The van der Waals surface area contributed by atoms with Gasteiger partial charge in [0.25, 0.3) is 0 Å². The Morgan fingerprint density at radius 2 is 2.35 bits per heavy atom. The number of hydrogen-bond acceptors (Lipinski definition) is 3. The number of methoxy groups -OCH3 is 1. The molecule has 0 amide bonds. The Hall–Kier alpha value is -1.86. The zero-order valence-electron chi connectivity index (χ0n) is 9.79. The second kappa shape index (κ2) is 6.02. The molecule has 0 aliphatic carbocycles. The highest BCUT2D eigenvalue weighted by Crippen LogP contribution is 2.11. The quantitative estimate of drug-likeness (QED) is 0.638. The van der Waals surface area contributed by atoms with Crippen molar-refractivity contribution in [2.45, 2.75) is 19.5 Å². The molecule has 0 heterocycles. The zero-order chi connectivity index (χ0) is 12.8. The third-order valence-corrected chi connectivity index (χ3v) is 2.30. The molecule has 0 bridgehead atoms. The number of benzene rings is 1. The summed E-state index contributed by atoms with van der Waals surface area (Å²) in [5.74, 6) is 1.24. The van der Waals surface area contributed by atoms with Gasteiger partial charge in [-0.1, -0.05) is 12.0 Å². The second-order valence-corrected chi connectivity index (χ2v) is 3.58. The molecule has 17 heavy (non-hydrogen) atoms. The number of carbonyl (C=O) groups excluding carboxylic acids is 1. The number of halogens is 1. The van der Waals surface area contributed by atoms with Crippen LogP contribution < -0.4 is 5.32 Å². The van der Waals surface area contributed by atoms with Crippen molar-refractivity contribution in [3.8, 4) is 12.3 Å². The van der Waals surface area contributed by atoms with Crippen LogP contribution in [0.3, 0.4) is 0 Å². The van der Waals surface area contributed by atoms with Gasteiger partial charge >= 0.3 is 5.97 Å². The van der Waals surface area contributed by atoms with Gasteiger partial charge in [-0.2, -0.15) is 0 Å². The van der Waals surface area contributed by atoms with Crippen LogP contribution in [0.15, 0.2) is 18.2 Å². The first-order valence-corrected chi connectivity index (χ1v) is 5.14. The van der Waals surface area contributed by atoms with Gasteiger partial charge in [-0.05, 0) is 24.6 Å². The Morgan fingerprint density at radius 1 is 1.65 bits per heavy atom. The summed E-state index contributed by atoms with van der Waals surface area (Å²) < 4.78 is 18.0. The largest absolute Gasteiger partial charge is 0.465 e. The van der Waals surface area contributed by atoms with Gasteiger partial charge in [0.05, 0.1) is 18.7 Å². The fraction of sp³-hybridized carbons (Fsp3) is 0.308. The lowest BCUT2D eigenvalue weighted by molar-refractivity contribution is 0.0595. The molecule has 0 aliphatic rings. The van der Waals surface area contributed by atoms with E-state index in [4.69, 9.17) is 6.42 Å². The van der Waals surface area contributed by atoms with Crippen LogP contribution in [0.2, 0.25) is 0 Å². The third-order valence-electron chi connectivity index (χ3n) is 2.30. The SMILES string of the molecule is C#CC(C)NCc1ccc(C(=O)OC)c(F)c1. The lowest BCUT2D eigenvalue weighted by Crippen LogP contribution is -2.23. The average molecular weight is 235 g/mol. The van der Waals surface area contributed by atoms with Gasteiger partial charge in [-0.15, -0.1) is 6.42 Å². The Balaban J connectivity index is 2.76. The monoisotopic (exact) mass is 235 g/mol. The number of esters is 1. The molecule has 1 N–H and O–H groups in total. The fourth-order valence-electron chi connectivity index (χ4n) is 1.27. The van der Waals surface area contributed by atoms with Crippen LogP contribution >= 0.6 is 0 Å². The van der Waals surface area contributed by atoms with E-state index in [2.05, 4.69) is 16.0 Å². The number of terminal acetylenes is 1. The second-order valence-electron chi connectivity index (χ2n) is 3.58. The standard InChI is InChI=1S/C13H14FNO2/c1-4-9(2)15-8-10-5-6-11(12(14)7-10)13(16)17-3/h1,5-7,9,15H,8H2,2-3H3. The van der Waals surface area contributed by atoms with Crippen LogP contribution in [0.25, 0.3) is 0 Å². The molecule has 0 spiro atoms. The van der Waals surface area contributed by atoms with Crippen LogP contribution in [0.4, 0.5) is 4.39 Å². The Morgan fingerprint density at radius 3 is 2.88 bits per heavy atom. The molecule has 0 saturated heterocycles. The molecule has 1 aromatic carbocycles. The predicted octanol–water partition coefficient (Wildman–Crippen LogP) is 1.72. The van der Waals surface area contributed by atoms with Crippen LogP contribution in [0.1, 0.15) is 22.8 Å². The van der Waals surface area contributed by atoms with Gasteiger partial charge in [-0.3, -0.25) is 5.32 Å². The minimum absolute atomic E-state index is 0.0683. The summed E-state index contributed by atoms with van der Waals surface area (Å²) in [5.41, 5.74) is 0.651. The molecule has 0 saturated carbocycles. The summed E-state index contributed by atoms with van der Waals surface area (Å²) in [4.78, 5) is 11.2. The normalized spacial score (nSPS) is 11.6. The molecule has 0 fully saturated rings. The van der Waals surface area contributed by atoms with E-state index in [-0.39, 0.29) is 11.6 Å². The van der Waals surface area contributed by atoms with Gasteiger partial charge in [0, 0.05) is 6.54 Å². The highest BCUT2D eigenvalue weighted by atomic mass is 19.1. The summed E-state index contributed by atoms with van der Waals surface area (Å²) in [7, 11) is 1.21. The Kier molecular flexibility index (Phi) is 4.68. The van der Waals surface area contributed by atoms with Crippen molar-refractivity contribution < 1.29 is 13.9 Å². The van der Waals surface area contributed by atoms with Crippen molar-refractivity contribution in [2.75, 3.05) is 7.11 Å². The van der Waals surface area contributed by atoms with Crippen LogP contribution in [0.5, 0.6) is 0 Å². The Bertz CT molecular complexity index is 451. The number of rotatable bonds is 4. The van der Waals surface area contributed by atoms with Crippen molar-refractivity contribution >= 4 is 5.97 Å². The zero-order valence-corrected chi connectivity index (χ0v) is 9.79. The first-order chi connectivity index (χ1) is 8.08. The van der Waals surface area contributed by atoms with E-state index in [1.807, 2.05) is 6.92 Å². The summed E-state index contributed by atoms with van der Waals surface area (Å²) in [6.45, 7) is 2.28. The van der Waals surface area contributed by atoms with E-state index < -0.39 is 11.8 Å². The summed E-state index contributed by atoms with van der Waals surface area (Å²) >= 11 is 0. The van der Waals surface area contributed by atoms with Crippen LogP contribution in [0, 0.1) is 18.2 Å². The maximum atomic E-state index is 13.5. The first kappa shape index (κ1) is 13.2. The molecule has 0 aromatic heterocycles. The lowest BCUT2D eigenvalue weighted by Gasteiger charge is -2.08. The smallest absolute Gasteiger partial charge is 0.340 e. The highest BCUT2D eigenvalue weighted by Gasteiger charge is 2.12. The minimum atomic E-state index is -0.681. The van der Waals surface area contributed by atoms with Gasteiger partial charge < -0.3 is 4.74 Å². The first-order valence-electron chi connectivity index (χ1n) is 5.14. The molecule has 4 heteroatoms. The number of carbonyl (C=O) groups is 1. The van der Waals surface area contributed by atoms with Gasteiger partial charge in [-0.25, -0.2) is 9.18 Å². The van der Waals surface area contributed by atoms with Crippen LogP contribution in [-0.2, 0) is 11.3 Å². The highest BCUT2D eigenvalue weighted by molar-refractivity contribution is 5.89. The predicted molar refractivity (Wildman–Crippen MR) is 62.9 cm³/mol. The maximum absolute atomic E-state index is 13.5. The average Bonchev–Trinajstić information content (AvgIpc) is 2.35. The number of ether oxygens (including phenoxy) is 1. The van der Waals surface area contributed by atoms with Gasteiger partial charge in [0.1, 0.15) is 5.82 Å². The molecule has 1 atom stereocenters. The van der Waals surface area contributed by atoms with Crippen molar-refractivity contribution in [3.63, 3.8) is 0 Å². The minimum Gasteiger partial charge on any atom is -0.465 e. The van der Waals surface area contributed by atoms with Crippen molar-refractivity contribution in [1.29, 1.82) is 0 Å². The topological polar surface area (TPSA) is 38.3 Å². The molecule has 0 radical (unpaired) electrons. The maximum Gasteiger partial charge on any atom is 0.340 e. The molecule has 1 aromatic rings. The molecule has 3 nitrogen and oxygen atoms in total. The number of hydrogen-bond donors (Lipinski definition) is 1. The van der Waals surface area contributed by atoms with E-state index in [0.717, 1.165) is 5.56 Å². The Labute approximate surface area is 100.0 Å². The van der Waals surface area contributed by atoms with Crippen LogP contribution in [-0.4, -0.2) is 19.1 Å². The third kappa shape index (κ3) is 3.58. The molecular weight excluding hydrogens is 221 g/mol. The summed E-state index contributed by atoms with van der Waals surface area (Å²) in [6, 6.07) is 4.27.